The van der Waals surface area contributed by atoms with Crippen molar-refractivity contribution in [2.75, 3.05) is 13.1 Å². The molecule has 1 atom stereocenters. The number of rotatable bonds is 5. The fraction of sp³-hybridized carbons (Fsp3) is 0.526. The third-order valence-corrected chi connectivity index (χ3v) is 6.15. The summed E-state index contributed by atoms with van der Waals surface area (Å²) in [5, 5.41) is 3.64. The van der Waals surface area contributed by atoms with E-state index in [2.05, 4.69) is 15.2 Å². The first-order valence-corrected chi connectivity index (χ1v) is 9.31. The van der Waals surface area contributed by atoms with Crippen LogP contribution in [0.5, 0.6) is 0 Å². The quantitative estimate of drug-likeness (QED) is 0.885. The molecule has 1 unspecified atom stereocenters. The zero-order chi connectivity index (χ0) is 17.4. The highest BCUT2D eigenvalue weighted by Crippen LogP contribution is 2.56. The van der Waals surface area contributed by atoms with E-state index in [0.717, 1.165) is 25.5 Å². The van der Waals surface area contributed by atoms with Crippen molar-refractivity contribution < 1.29 is 4.39 Å². The van der Waals surface area contributed by atoms with Gasteiger partial charge in [0, 0.05) is 37.6 Å². The highest BCUT2D eigenvalue weighted by atomic mass is 35.5. The van der Waals surface area contributed by atoms with Crippen LogP contribution in [-0.2, 0) is 20.1 Å². The topological polar surface area (TPSA) is 33.1 Å². The Bertz CT molecular complexity index is 754. The number of nitrogens with zero attached hydrogens (tertiary/aromatic N) is 3. The molecule has 1 saturated heterocycles. The molecule has 134 valence electrons. The zero-order valence-corrected chi connectivity index (χ0v) is 15.3. The van der Waals surface area contributed by atoms with Crippen molar-refractivity contribution in [3.05, 3.63) is 52.8 Å². The molecule has 4 nitrogen and oxygen atoms in total. The predicted molar refractivity (Wildman–Crippen MR) is 96.8 cm³/mol. The van der Waals surface area contributed by atoms with Gasteiger partial charge in [-0.3, -0.25) is 4.90 Å². The van der Waals surface area contributed by atoms with E-state index in [0.29, 0.717) is 23.6 Å². The fourth-order valence-corrected chi connectivity index (χ4v) is 4.39. The molecule has 1 saturated carbocycles. The van der Waals surface area contributed by atoms with E-state index in [1.165, 1.54) is 19.3 Å². The number of hydrogen-bond acceptors (Lipinski definition) is 3. The molecule has 1 N–H and O–H groups in total. The zero-order valence-electron chi connectivity index (χ0n) is 14.5. The number of nitrogens with one attached hydrogen (secondary N) is 1. The lowest BCUT2D eigenvalue weighted by Gasteiger charge is -2.29. The van der Waals surface area contributed by atoms with Crippen LogP contribution < -0.4 is 5.32 Å². The number of aromatic nitrogens is 2. The van der Waals surface area contributed by atoms with Crippen LogP contribution in [0, 0.1) is 11.2 Å². The summed E-state index contributed by atoms with van der Waals surface area (Å²) in [5.74, 6) is 0.715. The molecule has 1 aromatic heterocycles. The normalized spacial score (nSPS) is 21.8. The summed E-state index contributed by atoms with van der Waals surface area (Å²) in [6, 6.07) is 5.76. The van der Waals surface area contributed by atoms with Gasteiger partial charge in [-0.1, -0.05) is 23.7 Å². The van der Waals surface area contributed by atoms with Crippen molar-refractivity contribution in [2.24, 2.45) is 12.5 Å². The maximum Gasteiger partial charge on any atom is 0.146 e. The van der Waals surface area contributed by atoms with Gasteiger partial charge in [-0.05, 0) is 43.8 Å². The summed E-state index contributed by atoms with van der Waals surface area (Å²) in [7, 11) is 2.01. The van der Waals surface area contributed by atoms with E-state index < -0.39 is 0 Å². The van der Waals surface area contributed by atoms with Crippen molar-refractivity contribution in [3.63, 3.8) is 0 Å². The van der Waals surface area contributed by atoms with Crippen LogP contribution >= 0.6 is 11.6 Å². The van der Waals surface area contributed by atoms with Crippen LogP contribution in [0.4, 0.5) is 4.39 Å². The second-order valence-electron chi connectivity index (χ2n) is 7.40. The molecule has 0 radical (unpaired) electrons. The molecule has 0 bridgehead atoms. The minimum Gasteiger partial charge on any atom is -0.337 e. The Morgan fingerprint density at radius 1 is 1.36 bits per heavy atom. The van der Waals surface area contributed by atoms with Crippen molar-refractivity contribution in [3.8, 4) is 0 Å². The highest BCUT2D eigenvalue weighted by molar-refractivity contribution is 6.30. The van der Waals surface area contributed by atoms with Crippen LogP contribution in [0.3, 0.4) is 0 Å². The van der Waals surface area contributed by atoms with Crippen LogP contribution in [0.25, 0.3) is 0 Å². The largest absolute Gasteiger partial charge is 0.337 e. The molecule has 2 fully saturated rings. The first-order chi connectivity index (χ1) is 12.1. The predicted octanol–water partition coefficient (Wildman–Crippen LogP) is 3.36. The van der Waals surface area contributed by atoms with Gasteiger partial charge in [-0.2, -0.15) is 0 Å². The smallest absolute Gasteiger partial charge is 0.146 e. The van der Waals surface area contributed by atoms with Gasteiger partial charge in [0.2, 0.25) is 0 Å². The molecule has 6 heteroatoms. The lowest BCUT2D eigenvalue weighted by molar-refractivity contribution is 0.181. The second kappa shape index (κ2) is 6.71. The lowest BCUT2D eigenvalue weighted by Crippen LogP contribution is -2.36. The Hall–Kier alpha value is -1.43. The number of imidazole rings is 1. The van der Waals surface area contributed by atoms with Crippen molar-refractivity contribution in [1.82, 2.24) is 19.8 Å². The Labute approximate surface area is 153 Å². The van der Waals surface area contributed by atoms with Gasteiger partial charge < -0.3 is 9.88 Å². The summed E-state index contributed by atoms with van der Waals surface area (Å²) in [6.45, 7) is 3.46. The first kappa shape index (κ1) is 17.0. The molecular formula is C19H24ClFN4. The SMILES string of the molecule is Cn1ccnc1CN(Cc1cccc(Cl)c1F)C1CC12CCNCC2. The Kier molecular flexibility index (Phi) is 4.56. The second-order valence-corrected chi connectivity index (χ2v) is 7.81. The van der Waals surface area contributed by atoms with E-state index in [1.807, 2.05) is 36.1 Å². The van der Waals surface area contributed by atoms with E-state index in [9.17, 15) is 4.39 Å². The van der Waals surface area contributed by atoms with E-state index >= 15 is 0 Å². The lowest BCUT2D eigenvalue weighted by atomic mass is 9.93. The van der Waals surface area contributed by atoms with Crippen molar-refractivity contribution in [1.29, 1.82) is 0 Å². The van der Waals surface area contributed by atoms with Crippen molar-refractivity contribution >= 4 is 11.6 Å². The maximum absolute atomic E-state index is 14.4. The summed E-state index contributed by atoms with van der Waals surface area (Å²) < 4.78 is 16.5. The number of benzene rings is 1. The summed E-state index contributed by atoms with van der Waals surface area (Å²) >= 11 is 5.98. The van der Waals surface area contributed by atoms with Gasteiger partial charge in [0.15, 0.2) is 0 Å². The monoisotopic (exact) mass is 362 g/mol. The molecule has 1 spiro atoms. The Balaban J connectivity index is 1.58. The molecule has 2 aromatic rings. The summed E-state index contributed by atoms with van der Waals surface area (Å²) in [6.07, 6.45) is 7.38. The number of hydrogen-bond donors (Lipinski definition) is 1. The highest BCUT2D eigenvalue weighted by Gasteiger charge is 2.56. The molecule has 1 aliphatic heterocycles. The molecule has 2 heterocycles. The summed E-state index contributed by atoms with van der Waals surface area (Å²) in [5.41, 5.74) is 1.06. The van der Waals surface area contributed by atoms with Crippen LogP contribution in [0.2, 0.25) is 5.02 Å². The summed E-state index contributed by atoms with van der Waals surface area (Å²) in [4.78, 5) is 6.86. The minimum absolute atomic E-state index is 0.196. The standard InChI is InChI=1S/C19H24ClFN4/c1-24-10-9-23-17(24)13-25(12-14-3-2-4-15(20)18(14)21)16-11-19(16)5-7-22-8-6-19/h2-4,9-10,16,22H,5-8,11-13H2,1H3. The minimum atomic E-state index is -0.297. The molecule has 25 heavy (non-hydrogen) atoms. The van der Waals surface area contributed by atoms with Gasteiger partial charge >= 0.3 is 0 Å². The molecule has 1 aliphatic carbocycles. The van der Waals surface area contributed by atoms with Crippen LogP contribution in [0.1, 0.15) is 30.7 Å². The molecule has 0 amide bonds. The third-order valence-electron chi connectivity index (χ3n) is 5.86. The van der Waals surface area contributed by atoms with Gasteiger partial charge in [0.05, 0.1) is 11.6 Å². The molecule has 2 aliphatic rings. The van der Waals surface area contributed by atoms with Gasteiger partial charge in [0.25, 0.3) is 0 Å². The Morgan fingerprint density at radius 3 is 2.88 bits per heavy atom. The Morgan fingerprint density at radius 2 is 2.16 bits per heavy atom. The van der Waals surface area contributed by atoms with Gasteiger partial charge in [-0.25, -0.2) is 9.37 Å². The first-order valence-electron chi connectivity index (χ1n) is 8.93. The number of piperidine rings is 1. The average Bonchev–Trinajstić information content (AvgIpc) is 3.13. The fourth-order valence-electron chi connectivity index (χ4n) is 4.20. The van der Waals surface area contributed by atoms with E-state index in [-0.39, 0.29) is 10.8 Å². The van der Waals surface area contributed by atoms with Gasteiger partial charge in [-0.15, -0.1) is 0 Å². The molecular weight excluding hydrogens is 339 g/mol. The average molecular weight is 363 g/mol. The molecule has 1 aromatic carbocycles. The van der Waals surface area contributed by atoms with Crippen LogP contribution in [0.15, 0.2) is 30.6 Å². The van der Waals surface area contributed by atoms with E-state index in [1.54, 1.807) is 6.07 Å². The number of aryl methyl sites for hydroxylation is 1. The van der Waals surface area contributed by atoms with Crippen LogP contribution in [-0.4, -0.2) is 33.6 Å². The number of halogens is 2. The van der Waals surface area contributed by atoms with Crippen molar-refractivity contribution in [2.45, 2.75) is 38.4 Å². The maximum atomic E-state index is 14.4. The third kappa shape index (κ3) is 3.33. The molecule has 4 rings (SSSR count). The van der Waals surface area contributed by atoms with Gasteiger partial charge in [0.1, 0.15) is 11.6 Å². The van der Waals surface area contributed by atoms with E-state index in [4.69, 9.17) is 11.6 Å².